The van der Waals surface area contributed by atoms with E-state index in [4.69, 9.17) is 23.7 Å². The maximum atomic E-state index is 13.9. The predicted octanol–water partition coefficient (Wildman–Crippen LogP) is 1.82. The first-order valence-electron chi connectivity index (χ1n) is 12.1. The number of Topliss-reactive ketones (excluding diaryl/α,β-unsaturated/α-hetero) is 1. The molecule has 0 radical (unpaired) electrons. The van der Waals surface area contributed by atoms with Gasteiger partial charge in [0.2, 0.25) is 0 Å². The number of rotatable bonds is 5. The molecule has 34 heavy (non-hydrogen) atoms. The maximum Gasteiger partial charge on any atom is 0.302 e. The molecule has 5 rings (SSSR count). The Hall–Kier alpha value is -0.0100. The summed E-state index contributed by atoms with van der Waals surface area (Å²) in [6.07, 6.45) is -0.104. The topological polar surface area (TPSA) is 101 Å². The van der Waals surface area contributed by atoms with Crippen molar-refractivity contribution >= 4 is 47.0 Å². The van der Waals surface area contributed by atoms with Gasteiger partial charge in [-0.2, -0.15) is 35.3 Å². The van der Waals surface area contributed by atoms with Gasteiger partial charge in [0, 0.05) is 48.7 Å². The van der Waals surface area contributed by atoms with Gasteiger partial charge in [0.15, 0.2) is 11.6 Å². The van der Waals surface area contributed by atoms with Crippen molar-refractivity contribution in [3.63, 3.8) is 0 Å². The van der Waals surface area contributed by atoms with Gasteiger partial charge in [0.25, 0.3) is 0 Å². The fourth-order valence-electron chi connectivity index (χ4n) is 6.04. The van der Waals surface area contributed by atoms with Crippen molar-refractivity contribution in [3.05, 3.63) is 0 Å². The minimum atomic E-state index is -0.875. The van der Waals surface area contributed by atoms with E-state index in [1.807, 2.05) is 0 Å². The van der Waals surface area contributed by atoms with Gasteiger partial charge in [-0.3, -0.25) is 9.59 Å². The number of ketones is 1. The van der Waals surface area contributed by atoms with Gasteiger partial charge in [0.1, 0.15) is 11.9 Å². The summed E-state index contributed by atoms with van der Waals surface area (Å²) < 4.78 is 30.1. The first-order valence-corrected chi connectivity index (χ1v) is 15.6. The summed E-state index contributed by atoms with van der Waals surface area (Å²) in [7, 11) is 0. The Bertz CT molecular complexity index is 754. The van der Waals surface area contributed by atoms with Crippen molar-refractivity contribution in [1.82, 2.24) is 0 Å². The number of hydrogen-bond donors (Lipinski definition) is 1. The zero-order valence-electron chi connectivity index (χ0n) is 19.5. The molecule has 5 fully saturated rings. The number of esters is 1. The smallest absolute Gasteiger partial charge is 0.302 e. The molecule has 0 aliphatic carbocycles. The molecule has 5 aliphatic rings. The van der Waals surface area contributed by atoms with Gasteiger partial charge >= 0.3 is 5.97 Å². The number of ether oxygens (including phenoxy) is 5. The van der Waals surface area contributed by atoms with E-state index in [1.54, 1.807) is 35.3 Å². The molecule has 5 saturated heterocycles. The van der Waals surface area contributed by atoms with Crippen LogP contribution in [0.2, 0.25) is 0 Å². The molecule has 0 aromatic heterocycles. The number of thioether (sulfide) groups is 3. The molecule has 2 spiro atoms. The normalized spacial score (nSPS) is 37.1. The van der Waals surface area contributed by atoms with Crippen LogP contribution in [0.25, 0.3) is 0 Å². The second kappa shape index (κ2) is 10.8. The largest absolute Gasteiger partial charge is 0.461 e. The standard InChI is InChI=1S/C23H34O8S3/c1-14(24)31-21(18-13-33-9-3-23(18)29-6-7-30-23)16-11-34-10-15(19(16)25)20(26)17-12-32-8-2-22(17)27-4-5-28-22/h15-18,20-21,26H,2-13H2,1H3/t15-,16-,17+,18-,20-,21-/m1/s1. The lowest BCUT2D eigenvalue weighted by molar-refractivity contribution is -0.225. The average Bonchev–Trinajstić information content (AvgIpc) is 3.49. The van der Waals surface area contributed by atoms with Crippen LogP contribution >= 0.6 is 35.3 Å². The molecule has 5 heterocycles. The first-order chi connectivity index (χ1) is 16.5. The van der Waals surface area contributed by atoms with Crippen molar-refractivity contribution in [2.75, 3.05) is 60.9 Å². The van der Waals surface area contributed by atoms with Crippen LogP contribution < -0.4 is 0 Å². The molecule has 0 unspecified atom stereocenters. The van der Waals surface area contributed by atoms with Gasteiger partial charge in [0.05, 0.1) is 50.3 Å². The van der Waals surface area contributed by atoms with Gasteiger partial charge < -0.3 is 28.8 Å². The van der Waals surface area contributed by atoms with E-state index in [-0.39, 0.29) is 17.6 Å². The van der Waals surface area contributed by atoms with Gasteiger partial charge in [-0.15, -0.1) is 0 Å². The van der Waals surface area contributed by atoms with Gasteiger partial charge in [-0.1, -0.05) is 0 Å². The monoisotopic (exact) mass is 534 g/mol. The van der Waals surface area contributed by atoms with E-state index in [2.05, 4.69) is 0 Å². The third-order valence-electron chi connectivity index (χ3n) is 7.71. The molecule has 6 atom stereocenters. The van der Waals surface area contributed by atoms with Crippen LogP contribution in [-0.4, -0.2) is 102 Å². The molecule has 0 bridgehead atoms. The van der Waals surface area contributed by atoms with Crippen molar-refractivity contribution in [3.8, 4) is 0 Å². The Kier molecular flexibility index (Phi) is 8.12. The van der Waals surface area contributed by atoms with Crippen molar-refractivity contribution < 1.29 is 38.4 Å². The Labute approximate surface area is 213 Å². The molecule has 0 saturated carbocycles. The van der Waals surface area contributed by atoms with E-state index >= 15 is 0 Å². The Balaban J connectivity index is 1.38. The van der Waals surface area contributed by atoms with E-state index < -0.39 is 41.6 Å². The molecule has 0 aromatic rings. The highest BCUT2D eigenvalue weighted by molar-refractivity contribution is 7.99. The minimum Gasteiger partial charge on any atom is -0.461 e. The van der Waals surface area contributed by atoms with Gasteiger partial charge in [-0.05, 0) is 11.5 Å². The summed E-state index contributed by atoms with van der Waals surface area (Å²) in [6, 6.07) is 0. The van der Waals surface area contributed by atoms with Crippen LogP contribution in [0.15, 0.2) is 0 Å². The molecule has 11 heteroatoms. The van der Waals surface area contributed by atoms with E-state index in [0.717, 1.165) is 11.5 Å². The molecule has 1 N–H and O–H groups in total. The van der Waals surface area contributed by atoms with E-state index in [1.165, 1.54) is 6.92 Å². The Morgan fingerprint density at radius 1 is 0.882 bits per heavy atom. The zero-order valence-corrected chi connectivity index (χ0v) is 21.9. The number of aliphatic hydroxyl groups is 1. The summed E-state index contributed by atoms with van der Waals surface area (Å²) in [5, 5.41) is 11.5. The number of carbonyl (C=O) groups is 2. The summed E-state index contributed by atoms with van der Waals surface area (Å²) in [5.41, 5.74) is 0. The van der Waals surface area contributed by atoms with Crippen LogP contribution in [0.1, 0.15) is 19.8 Å². The highest BCUT2D eigenvalue weighted by Crippen LogP contribution is 2.47. The summed E-state index contributed by atoms with van der Waals surface area (Å²) in [6.45, 7) is 3.42. The molecule has 0 amide bonds. The first kappa shape index (κ1) is 25.6. The van der Waals surface area contributed by atoms with E-state index in [0.29, 0.717) is 62.3 Å². The summed E-state index contributed by atoms with van der Waals surface area (Å²) >= 11 is 5.18. The van der Waals surface area contributed by atoms with Crippen LogP contribution in [0.3, 0.4) is 0 Å². The minimum absolute atomic E-state index is 0.0371. The molecular formula is C23H34O8S3. The molecule has 5 aliphatic heterocycles. The highest BCUT2D eigenvalue weighted by Gasteiger charge is 2.57. The third kappa shape index (κ3) is 4.80. The maximum absolute atomic E-state index is 13.9. The van der Waals surface area contributed by atoms with Crippen LogP contribution in [-0.2, 0) is 33.3 Å². The Morgan fingerprint density at radius 3 is 2.00 bits per heavy atom. The van der Waals surface area contributed by atoms with Crippen LogP contribution in [0, 0.1) is 23.7 Å². The highest BCUT2D eigenvalue weighted by atomic mass is 32.2. The second-order valence-electron chi connectivity index (χ2n) is 9.60. The number of hydrogen-bond acceptors (Lipinski definition) is 11. The lowest BCUT2D eigenvalue weighted by atomic mass is 9.76. The lowest BCUT2D eigenvalue weighted by Crippen LogP contribution is -2.58. The van der Waals surface area contributed by atoms with Crippen molar-refractivity contribution in [2.45, 2.75) is 43.5 Å². The van der Waals surface area contributed by atoms with Crippen LogP contribution in [0.4, 0.5) is 0 Å². The van der Waals surface area contributed by atoms with Crippen LogP contribution in [0.5, 0.6) is 0 Å². The molecule has 8 nitrogen and oxygen atoms in total. The second-order valence-corrected chi connectivity index (χ2v) is 13.0. The number of aliphatic hydroxyl groups excluding tert-OH is 1. The predicted molar refractivity (Wildman–Crippen MR) is 131 cm³/mol. The van der Waals surface area contributed by atoms with Gasteiger partial charge in [-0.25, -0.2) is 0 Å². The fourth-order valence-corrected chi connectivity index (χ4v) is 9.99. The lowest BCUT2D eigenvalue weighted by Gasteiger charge is -2.47. The number of carbonyl (C=O) groups excluding carboxylic acids is 2. The third-order valence-corrected chi connectivity index (χ3v) is 11.1. The van der Waals surface area contributed by atoms with Crippen molar-refractivity contribution in [2.24, 2.45) is 23.7 Å². The zero-order chi connectivity index (χ0) is 23.8. The Morgan fingerprint density at radius 2 is 1.41 bits per heavy atom. The van der Waals surface area contributed by atoms with E-state index in [9.17, 15) is 14.7 Å². The SMILES string of the molecule is CC(=O)O[C@H]([C@@H]1CSC[C@@H]([C@@H](O)[C@@H]2CSCCC23OCCO3)C1=O)[C@H]1CSCCC12OCCO2. The molecule has 0 aromatic carbocycles. The average molecular weight is 535 g/mol. The van der Waals surface area contributed by atoms with Crippen molar-refractivity contribution in [1.29, 1.82) is 0 Å². The molecular weight excluding hydrogens is 500 g/mol. The summed E-state index contributed by atoms with van der Waals surface area (Å²) in [4.78, 5) is 26.1. The fraction of sp³-hybridized carbons (Fsp3) is 0.913. The molecule has 192 valence electrons. The quantitative estimate of drug-likeness (QED) is 0.523. The summed E-state index contributed by atoms with van der Waals surface area (Å²) in [5.74, 6) is 0.650.